The van der Waals surface area contributed by atoms with E-state index in [1.54, 1.807) is 11.5 Å². The van der Waals surface area contributed by atoms with Gasteiger partial charge in [0, 0.05) is 10.9 Å². The smallest absolute Gasteiger partial charge is 0.0919 e. The van der Waals surface area contributed by atoms with Gasteiger partial charge in [-0.3, -0.25) is 0 Å². The highest BCUT2D eigenvalue weighted by molar-refractivity contribution is 7.13. The second-order valence-corrected chi connectivity index (χ2v) is 6.55. The molecule has 0 radical (unpaired) electrons. The Balaban J connectivity index is 1.79. The lowest BCUT2D eigenvalue weighted by molar-refractivity contribution is 1.56. The molecular weight excluding hydrogens is 298 g/mol. The molecule has 5 rings (SSSR count). The third kappa shape index (κ3) is 1.96. The van der Waals surface area contributed by atoms with Gasteiger partial charge < -0.3 is 0 Å². The van der Waals surface area contributed by atoms with Crippen molar-refractivity contribution in [3.8, 4) is 11.3 Å². The molecule has 4 aromatic carbocycles. The molecule has 0 bridgehead atoms. The zero-order valence-corrected chi connectivity index (χ0v) is 13.2. The highest BCUT2D eigenvalue weighted by Crippen LogP contribution is 2.34. The number of fused-ring (bicyclic) bond motifs is 4. The summed E-state index contributed by atoms with van der Waals surface area (Å²) < 4.78 is 5.91. The van der Waals surface area contributed by atoms with Crippen LogP contribution in [0.25, 0.3) is 42.9 Å². The largest absolute Gasteiger partial charge is 0.191 e. The lowest BCUT2D eigenvalue weighted by atomic mass is 9.98. The van der Waals surface area contributed by atoms with E-state index in [2.05, 4.69) is 83.2 Å². The van der Waals surface area contributed by atoms with Crippen LogP contribution in [0.15, 0.2) is 78.9 Å². The van der Waals surface area contributed by atoms with Crippen LogP contribution in [0.1, 0.15) is 0 Å². The van der Waals surface area contributed by atoms with Crippen molar-refractivity contribution in [3.63, 3.8) is 0 Å². The third-order valence-corrected chi connectivity index (χ3v) is 5.22. The predicted octanol–water partition coefficient (Wildman–Crippen LogP) is 6.27. The van der Waals surface area contributed by atoms with Crippen LogP contribution in [0, 0.1) is 0 Å². The zero-order valence-electron chi connectivity index (χ0n) is 12.4. The van der Waals surface area contributed by atoms with Crippen LogP contribution < -0.4 is 0 Å². The quantitative estimate of drug-likeness (QED) is 0.332. The maximum Gasteiger partial charge on any atom is 0.0919 e. The van der Waals surface area contributed by atoms with E-state index in [-0.39, 0.29) is 0 Å². The van der Waals surface area contributed by atoms with Crippen molar-refractivity contribution in [1.29, 1.82) is 0 Å². The van der Waals surface area contributed by atoms with Crippen LogP contribution in [0.3, 0.4) is 0 Å². The lowest BCUT2D eigenvalue weighted by Crippen LogP contribution is -1.81. The summed E-state index contributed by atoms with van der Waals surface area (Å²) in [6.07, 6.45) is 0. The minimum atomic E-state index is 1.08. The summed E-state index contributed by atoms with van der Waals surface area (Å²) in [7, 11) is 0. The second-order valence-electron chi connectivity index (χ2n) is 5.75. The molecule has 0 saturated carbocycles. The van der Waals surface area contributed by atoms with Gasteiger partial charge in [-0.1, -0.05) is 66.7 Å². The molecule has 0 unspecified atom stereocenters. The topological polar surface area (TPSA) is 12.9 Å². The van der Waals surface area contributed by atoms with E-state index in [1.807, 2.05) is 0 Å². The Morgan fingerprint density at radius 3 is 2.30 bits per heavy atom. The fourth-order valence-corrected chi connectivity index (χ4v) is 4.05. The maximum absolute atomic E-state index is 4.68. The molecule has 1 heterocycles. The molecule has 108 valence electrons. The van der Waals surface area contributed by atoms with E-state index in [0.29, 0.717) is 0 Å². The molecular formula is C21H13NS. The average Bonchev–Trinajstić information content (AvgIpc) is 3.05. The lowest BCUT2D eigenvalue weighted by Gasteiger charge is -2.06. The van der Waals surface area contributed by atoms with Crippen molar-refractivity contribution in [1.82, 2.24) is 4.37 Å². The Hall–Kier alpha value is -2.71. The van der Waals surface area contributed by atoms with Gasteiger partial charge in [-0.15, -0.1) is 0 Å². The Morgan fingerprint density at radius 1 is 0.609 bits per heavy atom. The first kappa shape index (κ1) is 12.8. The van der Waals surface area contributed by atoms with Crippen LogP contribution >= 0.6 is 11.5 Å². The summed E-state index contributed by atoms with van der Waals surface area (Å²) in [6.45, 7) is 0. The minimum absolute atomic E-state index is 1.08. The fourth-order valence-electron chi connectivity index (χ4n) is 3.25. The second kappa shape index (κ2) is 4.90. The molecule has 5 aromatic rings. The first-order valence-electron chi connectivity index (χ1n) is 7.66. The van der Waals surface area contributed by atoms with Gasteiger partial charge in [0.15, 0.2) is 0 Å². The van der Waals surface area contributed by atoms with E-state index in [1.165, 1.54) is 37.2 Å². The third-order valence-electron chi connectivity index (χ3n) is 4.40. The summed E-state index contributed by atoms with van der Waals surface area (Å²) in [5.74, 6) is 0. The van der Waals surface area contributed by atoms with Gasteiger partial charge in [0.05, 0.1) is 10.4 Å². The van der Waals surface area contributed by atoms with Crippen LogP contribution in [-0.4, -0.2) is 4.37 Å². The SMILES string of the molecule is c1ccc2c(c1)ccc1cc(-c3nsc4ccccc34)ccc12. The highest BCUT2D eigenvalue weighted by Gasteiger charge is 2.09. The van der Waals surface area contributed by atoms with Crippen LogP contribution in [0.5, 0.6) is 0 Å². The highest BCUT2D eigenvalue weighted by atomic mass is 32.1. The molecule has 0 aliphatic rings. The summed E-state index contributed by atoms with van der Waals surface area (Å²) in [6, 6.07) is 28.0. The van der Waals surface area contributed by atoms with Gasteiger partial charge in [-0.2, -0.15) is 4.37 Å². The molecule has 0 spiro atoms. The Labute approximate surface area is 138 Å². The van der Waals surface area contributed by atoms with E-state index in [0.717, 1.165) is 5.69 Å². The Morgan fingerprint density at radius 2 is 1.35 bits per heavy atom. The van der Waals surface area contributed by atoms with Gasteiger partial charge in [-0.25, -0.2) is 0 Å². The summed E-state index contributed by atoms with van der Waals surface area (Å²) in [4.78, 5) is 0. The molecule has 23 heavy (non-hydrogen) atoms. The van der Waals surface area contributed by atoms with Gasteiger partial charge in [0.2, 0.25) is 0 Å². The molecule has 0 aliphatic carbocycles. The number of hydrogen-bond acceptors (Lipinski definition) is 2. The van der Waals surface area contributed by atoms with Crippen LogP contribution in [0.4, 0.5) is 0 Å². The van der Waals surface area contributed by atoms with Crippen molar-refractivity contribution >= 4 is 43.2 Å². The van der Waals surface area contributed by atoms with Gasteiger partial charge in [-0.05, 0) is 45.2 Å². The Kier molecular flexibility index (Phi) is 2.73. The summed E-state index contributed by atoms with van der Waals surface area (Å²) in [5.41, 5.74) is 2.27. The molecule has 0 N–H and O–H groups in total. The molecule has 0 aliphatic heterocycles. The van der Waals surface area contributed by atoms with E-state index >= 15 is 0 Å². The average molecular weight is 311 g/mol. The van der Waals surface area contributed by atoms with Gasteiger partial charge >= 0.3 is 0 Å². The van der Waals surface area contributed by atoms with Crippen LogP contribution in [0.2, 0.25) is 0 Å². The zero-order chi connectivity index (χ0) is 15.2. The van der Waals surface area contributed by atoms with Crippen LogP contribution in [-0.2, 0) is 0 Å². The monoisotopic (exact) mass is 311 g/mol. The number of aromatic nitrogens is 1. The predicted molar refractivity (Wildman–Crippen MR) is 100 cm³/mol. The van der Waals surface area contributed by atoms with E-state index < -0.39 is 0 Å². The fraction of sp³-hybridized carbons (Fsp3) is 0. The first-order chi connectivity index (χ1) is 11.4. The van der Waals surface area contributed by atoms with Crippen molar-refractivity contribution in [2.75, 3.05) is 0 Å². The number of benzene rings is 4. The number of nitrogens with zero attached hydrogens (tertiary/aromatic N) is 1. The summed E-state index contributed by atoms with van der Waals surface area (Å²) >= 11 is 1.57. The number of hydrogen-bond donors (Lipinski definition) is 0. The molecule has 0 amide bonds. The molecule has 2 heteroatoms. The molecule has 1 nitrogen and oxygen atoms in total. The molecule has 1 aromatic heterocycles. The first-order valence-corrected chi connectivity index (χ1v) is 8.44. The Bertz CT molecular complexity index is 1170. The van der Waals surface area contributed by atoms with Crippen molar-refractivity contribution < 1.29 is 0 Å². The molecule has 0 fully saturated rings. The number of rotatable bonds is 1. The molecule has 0 saturated heterocycles. The van der Waals surface area contributed by atoms with E-state index in [9.17, 15) is 0 Å². The maximum atomic E-state index is 4.68. The van der Waals surface area contributed by atoms with Gasteiger partial charge in [0.1, 0.15) is 0 Å². The van der Waals surface area contributed by atoms with Gasteiger partial charge in [0.25, 0.3) is 0 Å². The summed E-state index contributed by atoms with van der Waals surface area (Å²) in [5, 5.41) is 6.38. The normalized spacial score (nSPS) is 11.5. The van der Waals surface area contributed by atoms with Crippen molar-refractivity contribution in [2.24, 2.45) is 0 Å². The minimum Gasteiger partial charge on any atom is -0.191 e. The van der Waals surface area contributed by atoms with Crippen molar-refractivity contribution in [3.05, 3.63) is 78.9 Å². The molecule has 0 atom stereocenters. The van der Waals surface area contributed by atoms with E-state index in [4.69, 9.17) is 0 Å². The standard InChI is InChI=1S/C21H13NS/c1-2-6-17-14(5-1)9-10-15-13-16(11-12-18(15)17)21-19-7-3-4-8-20(19)23-22-21/h1-13H. The van der Waals surface area contributed by atoms with Crippen molar-refractivity contribution in [2.45, 2.75) is 0 Å².